The number of anilines is 1. The van der Waals surface area contributed by atoms with Gasteiger partial charge in [0.05, 0.1) is 27.4 Å². The van der Waals surface area contributed by atoms with E-state index >= 15 is 0 Å². The Bertz CT molecular complexity index is 1590. The maximum atomic E-state index is 12.5. The summed E-state index contributed by atoms with van der Waals surface area (Å²) in [4.78, 5) is 21.5. The van der Waals surface area contributed by atoms with E-state index in [2.05, 4.69) is 48.8 Å². The van der Waals surface area contributed by atoms with Crippen LogP contribution in [0.1, 0.15) is 57.2 Å². The third-order valence-corrected chi connectivity index (χ3v) is 8.23. The summed E-state index contributed by atoms with van der Waals surface area (Å²) < 4.78 is 3.19. The molecule has 0 spiro atoms. The molecule has 3 N–H and O–H groups in total. The van der Waals surface area contributed by atoms with E-state index in [4.69, 9.17) is 5.73 Å². The van der Waals surface area contributed by atoms with Gasteiger partial charge in [-0.25, -0.2) is 4.98 Å². The van der Waals surface area contributed by atoms with Crippen molar-refractivity contribution in [1.82, 2.24) is 24.6 Å². The van der Waals surface area contributed by atoms with Gasteiger partial charge in [-0.05, 0) is 68.0 Å². The molecule has 2 unspecified atom stereocenters. The first-order chi connectivity index (χ1) is 17.5. The average molecular weight is 501 g/mol. The van der Waals surface area contributed by atoms with Crippen molar-refractivity contribution in [3.8, 4) is 11.1 Å². The number of nitrogens with zero attached hydrogens (tertiary/aromatic N) is 5. The smallest absolute Gasteiger partial charge is 0.181 e. The summed E-state index contributed by atoms with van der Waals surface area (Å²) >= 11 is 1.49. The molecule has 0 radical (unpaired) electrons. The molecule has 6 rings (SSSR count). The molecule has 36 heavy (non-hydrogen) atoms. The fourth-order valence-corrected chi connectivity index (χ4v) is 6.27. The van der Waals surface area contributed by atoms with Crippen LogP contribution in [-0.2, 0) is 4.79 Å². The number of hydrogen-bond donors (Lipinski definition) is 2. The van der Waals surface area contributed by atoms with Gasteiger partial charge in [-0.3, -0.25) is 14.2 Å². The number of Topliss-reactive ketones (excluding diaryl/α,β-unsaturated/α-hetero) is 1. The van der Waals surface area contributed by atoms with Crippen molar-refractivity contribution in [2.24, 2.45) is 5.92 Å². The Hall–Kier alpha value is -3.43. The van der Waals surface area contributed by atoms with E-state index in [-0.39, 0.29) is 17.6 Å². The van der Waals surface area contributed by atoms with Gasteiger partial charge in [0.2, 0.25) is 0 Å². The molecular weight excluding hydrogens is 472 g/mol. The van der Waals surface area contributed by atoms with Crippen LogP contribution < -0.4 is 5.73 Å². The molecule has 1 fully saturated rings. The predicted octanol–water partition coefficient (Wildman–Crippen LogP) is 5.14. The first kappa shape index (κ1) is 23.0. The highest BCUT2D eigenvalue weighted by atomic mass is 32.1. The van der Waals surface area contributed by atoms with Crippen molar-refractivity contribution >= 4 is 49.1 Å². The lowest BCUT2D eigenvalue weighted by Gasteiger charge is -2.24. The molecule has 0 aliphatic heterocycles. The summed E-state index contributed by atoms with van der Waals surface area (Å²) in [6.45, 7) is 1.57. The molecule has 3 atom stereocenters. The summed E-state index contributed by atoms with van der Waals surface area (Å²) in [5.74, 6) is 0.981. The lowest BCUT2D eigenvalue weighted by atomic mass is 9.82. The molecule has 0 saturated heterocycles. The van der Waals surface area contributed by atoms with Crippen molar-refractivity contribution in [1.29, 1.82) is 0 Å². The highest BCUT2D eigenvalue weighted by Gasteiger charge is 2.28. The van der Waals surface area contributed by atoms with Crippen LogP contribution in [0.25, 0.3) is 38.0 Å². The number of hydrogen-bond acceptors (Lipinski definition) is 8. The zero-order valence-corrected chi connectivity index (χ0v) is 20.9. The largest absolute Gasteiger partial charge is 0.386 e. The summed E-state index contributed by atoms with van der Waals surface area (Å²) in [5.41, 5.74) is 11.5. The van der Waals surface area contributed by atoms with E-state index in [0.29, 0.717) is 5.13 Å². The topological polar surface area (TPSA) is 119 Å². The van der Waals surface area contributed by atoms with E-state index < -0.39 is 6.10 Å². The molecule has 0 bridgehead atoms. The molecule has 2 aromatic carbocycles. The third kappa shape index (κ3) is 4.12. The molecule has 1 saturated carbocycles. The Morgan fingerprint density at radius 1 is 1.06 bits per heavy atom. The number of nitrogen functional groups attached to an aromatic ring is 1. The zero-order chi connectivity index (χ0) is 24.8. The summed E-state index contributed by atoms with van der Waals surface area (Å²) in [6, 6.07) is 12.5. The van der Waals surface area contributed by atoms with Crippen LogP contribution in [0.3, 0.4) is 0 Å². The molecule has 5 aromatic rings. The number of nitrogens with two attached hydrogens (primary N) is 1. The van der Waals surface area contributed by atoms with E-state index in [9.17, 15) is 9.90 Å². The number of thiazole rings is 1. The number of aliphatic hydroxyl groups excluding tert-OH is 1. The van der Waals surface area contributed by atoms with Crippen molar-refractivity contribution in [3.63, 3.8) is 0 Å². The van der Waals surface area contributed by atoms with Crippen LogP contribution in [-0.4, -0.2) is 41.6 Å². The Kier molecular flexibility index (Phi) is 5.89. The van der Waals surface area contributed by atoms with Crippen LogP contribution in [0, 0.1) is 5.92 Å². The minimum atomic E-state index is -0.907. The van der Waals surface area contributed by atoms with Gasteiger partial charge in [0.15, 0.2) is 16.6 Å². The second-order valence-electron chi connectivity index (χ2n) is 9.78. The van der Waals surface area contributed by atoms with Gasteiger partial charge in [-0.15, -0.1) is 10.2 Å². The monoisotopic (exact) mass is 500 g/mol. The van der Waals surface area contributed by atoms with Crippen LogP contribution in [0.15, 0.2) is 42.6 Å². The highest BCUT2D eigenvalue weighted by Crippen LogP contribution is 2.35. The molecular formula is C27H28N6O2S. The van der Waals surface area contributed by atoms with Gasteiger partial charge in [0.1, 0.15) is 11.9 Å². The summed E-state index contributed by atoms with van der Waals surface area (Å²) in [7, 11) is 0. The normalized spacial score (nSPS) is 19.9. The number of benzene rings is 2. The molecule has 9 heteroatoms. The number of carbonyl (C=O) groups excluding carboxylic acids is 1. The Balaban J connectivity index is 1.41. The molecule has 8 nitrogen and oxygen atoms in total. The minimum absolute atomic E-state index is 0.0410. The molecule has 3 aromatic heterocycles. The van der Waals surface area contributed by atoms with Crippen molar-refractivity contribution in [2.75, 3.05) is 5.73 Å². The fourth-order valence-electron chi connectivity index (χ4n) is 5.50. The maximum Gasteiger partial charge on any atom is 0.181 e. The van der Waals surface area contributed by atoms with Gasteiger partial charge in [-0.2, -0.15) is 0 Å². The average Bonchev–Trinajstić information content (AvgIpc) is 3.45. The van der Waals surface area contributed by atoms with Gasteiger partial charge >= 0.3 is 0 Å². The van der Waals surface area contributed by atoms with Gasteiger partial charge in [0.25, 0.3) is 0 Å². The fraction of sp³-hybridized carbons (Fsp3) is 0.370. The van der Waals surface area contributed by atoms with Gasteiger partial charge in [-0.1, -0.05) is 36.3 Å². The molecule has 1 aliphatic carbocycles. The maximum absolute atomic E-state index is 12.5. The Morgan fingerprint density at radius 2 is 1.83 bits per heavy atom. The van der Waals surface area contributed by atoms with E-state index in [1.807, 2.05) is 12.1 Å². The highest BCUT2D eigenvalue weighted by molar-refractivity contribution is 7.22. The lowest BCUT2D eigenvalue weighted by molar-refractivity contribution is -0.131. The van der Waals surface area contributed by atoms with Crippen molar-refractivity contribution in [2.45, 2.75) is 57.5 Å². The van der Waals surface area contributed by atoms with Crippen LogP contribution in [0.2, 0.25) is 0 Å². The zero-order valence-electron chi connectivity index (χ0n) is 20.1. The van der Waals surface area contributed by atoms with E-state index in [1.54, 1.807) is 13.1 Å². The van der Waals surface area contributed by atoms with Crippen molar-refractivity contribution in [3.05, 3.63) is 48.4 Å². The molecule has 1 aliphatic rings. The Labute approximate surface area is 212 Å². The van der Waals surface area contributed by atoms with E-state index in [1.165, 1.54) is 11.3 Å². The van der Waals surface area contributed by atoms with Crippen molar-refractivity contribution < 1.29 is 9.90 Å². The first-order valence-electron chi connectivity index (χ1n) is 12.5. The third-order valence-electron chi connectivity index (χ3n) is 7.38. The van der Waals surface area contributed by atoms with Gasteiger partial charge in [0, 0.05) is 11.8 Å². The molecule has 0 amide bonds. The van der Waals surface area contributed by atoms with Crippen LogP contribution in [0.5, 0.6) is 0 Å². The number of ketones is 1. The first-order valence-corrected chi connectivity index (χ1v) is 13.3. The second-order valence-corrected chi connectivity index (χ2v) is 10.8. The number of fused-ring (bicyclic) bond motifs is 4. The van der Waals surface area contributed by atoms with Crippen LogP contribution in [0.4, 0.5) is 5.13 Å². The van der Waals surface area contributed by atoms with Crippen LogP contribution >= 0.6 is 11.3 Å². The standard InChI is InChI=1S/C27H28N6O2S/c1-15(34)25(35)16-4-2-3-5-17(7-6-16)26-32-31-24-14-29-20-10-8-18(12-22(20)33(24)26)19-9-11-21-23(13-19)36-27(28)30-21/h8-17,34H,2-7H2,1H3,(H2,28,30)/t15-,16?,17?/m1/s1. The predicted molar refractivity (Wildman–Crippen MR) is 142 cm³/mol. The number of rotatable bonds is 4. The molecule has 3 heterocycles. The minimum Gasteiger partial charge on any atom is -0.386 e. The lowest BCUT2D eigenvalue weighted by Crippen LogP contribution is -2.27. The summed E-state index contributed by atoms with van der Waals surface area (Å²) in [6.07, 6.45) is 6.32. The number of aliphatic hydroxyl groups is 1. The second kappa shape index (κ2) is 9.22. The number of carbonyl (C=O) groups is 1. The van der Waals surface area contributed by atoms with Gasteiger partial charge < -0.3 is 10.8 Å². The summed E-state index contributed by atoms with van der Waals surface area (Å²) in [5, 5.41) is 19.5. The quantitative estimate of drug-likeness (QED) is 0.351. The number of aromatic nitrogens is 5. The SMILES string of the molecule is C[C@@H](O)C(=O)C1CCCCC(c2nnc3cnc4ccc(-c5ccc6nc(N)sc6c5)cc4n23)CC1. The van der Waals surface area contributed by atoms with E-state index in [0.717, 1.165) is 82.4 Å². The molecule has 184 valence electrons. The Morgan fingerprint density at radius 3 is 2.67 bits per heavy atom.